The number of para-hydroxylation sites is 1. The highest BCUT2D eigenvalue weighted by molar-refractivity contribution is 7.89. The van der Waals surface area contributed by atoms with Gasteiger partial charge in [0.1, 0.15) is 18.1 Å². The number of sulfonamides is 1. The molecule has 0 radical (unpaired) electrons. The van der Waals surface area contributed by atoms with Crippen LogP contribution in [0.3, 0.4) is 0 Å². The molecule has 3 rings (SSSR count). The van der Waals surface area contributed by atoms with Gasteiger partial charge in [-0.3, -0.25) is 0 Å². The topological polar surface area (TPSA) is 94.8 Å². The van der Waals surface area contributed by atoms with E-state index in [1.807, 2.05) is 31.2 Å². The molecule has 0 saturated carbocycles. The van der Waals surface area contributed by atoms with E-state index < -0.39 is 16.0 Å². The molecule has 8 heteroatoms. The molecule has 1 aromatic heterocycles. The largest absolute Gasteiger partial charge is 0.493 e. The molecule has 0 unspecified atom stereocenters. The zero-order valence-corrected chi connectivity index (χ0v) is 17.8. The van der Waals surface area contributed by atoms with Gasteiger partial charge in [0.25, 0.3) is 0 Å². The first kappa shape index (κ1) is 22.3. The third-order valence-corrected chi connectivity index (χ3v) is 5.68. The van der Waals surface area contributed by atoms with Gasteiger partial charge in [0.15, 0.2) is 0 Å². The van der Waals surface area contributed by atoms with Gasteiger partial charge in [0, 0.05) is 11.6 Å². The van der Waals surface area contributed by atoms with Crippen molar-refractivity contribution >= 4 is 22.1 Å². The maximum absolute atomic E-state index is 12.3. The molecule has 0 saturated heterocycles. The Morgan fingerprint density at radius 2 is 1.84 bits per heavy atom. The minimum Gasteiger partial charge on any atom is -0.493 e. The van der Waals surface area contributed by atoms with E-state index in [1.165, 1.54) is 24.5 Å². The van der Waals surface area contributed by atoms with Crippen molar-refractivity contribution in [2.45, 2.75) is 25.0 Å². The Kier molecular flexibility index (Phi) is 7.64. The van der Waals surface area contributed by atoms with E-state index in [4.69, 9.17) is 13.9 Å². The second-order valence-electron chi connectivity index (χ2n) is 6.45. The Balaban J connectivity index is 1.54. The van der Waals surface area contributed by atoms with Crippen molar-refractivity contribution < 1.29 is 27.1 Å². The number of carbonyl (C=O) groups excluding carboxylic acids is 1. The SMILES string of the molecule is CCOc1ccccc1COC(=O)/C=C/c1ccc(S(=O)(=O)NCc2ccco2)cc1. The summed E-state index contributed by atoms with van der Waals surface area (Å²) >= 11 is 0. The Morgan fingerprint density at radius 3 is 2.55 bits per heavy atom. The quantitative estimate of drug-likeness (QED) is 0.379. The van der Waals surface area contributed by atoms with Crippen LogP contribution < -0.4 is 9.46 Å². The molecule has 7 nitrogen and oxygen atoms in total. The average molecular weight is 442 g/mol. The lowest BCUT2D eigenvalue weighted by Crippen LogP contribution is -2.22. The van der Waals surface area contributed by atoms with Gasteiger partial charge < -0.3 is 13.9 Å². The van der Waals surface area contributed by atoms with Crippen molar-refractivity contribution in [2.24, 2.45) is 0 Å². The van der Waals surface area contributed by atoms with Gasteiger partial charge in [0.2, 0.25) is 10.0 Å². The number of rotatable bonds is 10. The smallest absolute Gasteiger partial charge is 0.331 e. The molecule has 3 aromatic rings. The Hall–Kier alpha value is -3.36. The van der Waals surface area contributed by atoms with Crippen LogP contribution in [-0.4, -0.2) is 21.0 Å². The summed E-state index contributed by atoms with van der Waals surface area (Å²) in [7, 11) is -3.67. The molecular weight excluding hydrogens is 418 g/mol. The normalized spacial score (nSPS) is 11.5. The Labute approximate surface area is 181 Å². The third kappa shape index (κ3) is 6.56. The van der Waals surface area contributed by atoms with Gasteiger partial charge in [-0.25, -0.2) is 17.9 Å². The molecule has 0 aliphatic carbocycles. The van der Waals surface area contributed by atoms with E-state index in [0.29, 0.717) is 23.7 Å². The fraction of sp³-hybridized carbons (Fsp3) is 0.174. The van der Waals surface area contributed by atoms with Crippen LogP contribution in [0.25, 0.3) is 6.08 Å². The van der Waals surface area contributed by atoms with E-state index in [1.54, 1.807) is 30.3 Å². The van der Waals surface area contributed by atoms with E-state index in [0.717, 1.165) is 5.56 Å². The zero-order valence-electron chi connectivity index (χ0n) is 17.0. The molecule has 0 atom stereocenters. The second-order valence-corrected chi connectivity index (χ2v) is 8.22. The predicted octanol–water partition coefficient (Wildman–Crippen LogP) is 3.91. The molecule has 1 N–H and O–H groups in total. The molecule has 0 bridgehead atoms. The lowest BCUT2D eigenvalue weighted by Gasteiger charge is -2.09. The molecule has 0 fully saturated rings. The first-order valence-electron chi connectivity index (χ1n) is 9.65. The summed E-state index contributed by atoms with van der Waals surface area (Å²) in [5.41, 5.74) is 1.44. The minimum absolute atomic E-state index is 0.0647. The molecule has 31 heavy (non-hydrogen) atoms. The number of ether oxygens (including phenoxy) is 2. The summed E-state index contributed by atoms with van der Waals surface area (Å²) in [6.07, 6.45) is 4.33. The average Bonchev–Trinajstić information content (AvgIpc) is 3.30. The van der Waals surface area contributed by atoms with Crippen molar-refractivity contribution in [1.82, 2.24) is 4.72 Å². The predicted molar refractivity (Wildman–Crippen MR) is 116 cm³/mol. The first-order valence-corrected chi connectivity index (χ1v) is 11.1. The number of furan rings is 1. The van der Waals surface area contributed by atoms with Crippen LogP contribution in [0.1, 0.15) is 23.8 Å². The van der Waals surface area contributed by atoms with Crippen molar-refractivity contribution in [3.63, 3.8) is 0 Å². The van der Waals surface area contributed by atoms with Gasteiger partial charge in [0.05, 0.1) is 24.3 Å². The molecule has 1 heterocycles. The number of hydrogen-bond donors (Lipinski definition) is 1. The summed E-state index contributed by atoms with van der Waals surface area (Å²) in [6.45, 7) is 2.57. The van der Waals surface area contributed by atoms with Crippen LogP contribution in [0.4, 0.5) is 0 Å². The lowest BCUT2D eigenvalue weighted by atomic mass is 10.2. The molecule has 0 aliphatic rings. The maximum Gasteiger partial charge on any atom is 0.331 e. The van der Waals surface area contributed by atoms with E-state index in [9.17, 15) is 13.2 Å². The van der Waals surface area contributed by atoms with E-state index in [2.05, 4.69) is 4.72 Å². The summed E-state index contributed by atoms with van der Waals surface area (Å²) in [5, 5.41) is 0. The maximum atomic E-state index is 12.3. The number of esters is 1. The van der Waals surface area contributed by atoms with E-state index >= 15 is 0 Å². The molecular formula is C23H23NO6S. The fourth-order valence-electron chi connectivity index (χ4n) is 2.70. The van der Waals surface area contributed by atoms with Gasteiger partial charge in [-0.05, 0) is 48.9 Å². The summed E-state index contributed by atoms with van der Waals surface area (Å²) in [6, 6.07) is 16.9. The van der Waals surface area contributed by atoms with Crippen LogP contribution in [0, 0.1) is 0 Å². The molecule has 162 valence electrons. The molecule has 2 aromatic carbocycles. The van der Waals surface area contributed by atoms with Crippen molar-refractivity contribution in [3.05, 3.63) is 89.9 Å². The highest BCUT2D eigenvalue weighted by Gasteiger charge is 2.14. The van der Waals surface area contributed by atoms with Crippen LogP contribution >= 0.6 is 0 Å². The van der Waals surface area contributed by atoms with Crippen LogP contribution in [0.15, 0.2) is 82.3 Å². The molecule has 0 amide bonds. The van der Waals surface area contributed by atoms with Gasteiger partial charge in [-0.2, -0.15) is 0 Å². The molecule has 0 spiro atoms. The highest BCUT2D eigenvalue weighted by Crippen LogP contribution is 2.19. The van der Waals surface area contributed by atoms with Crippen molar-refractivity contribution in [3.8, 4) is 5.75 Å². The van der Waals surface area contributed by atoms with Gasteiger partial charge >= 0.3 is 5.97 Å². The Bertz CT molecular complexity index is 1120. The summed E-state index contributed by atoms with van der Waals surface area (Å²) in [5.74, 6) is 0.688. The van der Waals surface area contributed by atoms with Gasteiger partial charge in [-0.1, -0.05) is 30.3 Å². The highest BCUT2D eigenvalue weighted by atomic mass is 32.2. The van der Waals surface area contributed by atoms with Crippen LogP contribution in [0.5, 0.6) is 5.75 Å². The zero-order chi connectivity index (χ0) is 22.1. The number of nitrogens with one attached hydrogen (secondary N) is 1. The van der Waals surface area contributed by atoms with Crippen molar-refractivity contribution in [2.75, 3.05) is 6.61 Å². The molecule has 0 aliphatic heterocycles. The van der Waals surface area contributed by atoms with E-state index in [-0.39, 0.29) is 18.0 Å². The summed E-state index contributed by atoms with van der Waals surface area (Å²) in [4.78, 5) is 12.1. The van der Waals surface area contributed by atoms with Crippen LogP contribution in [0.2, 0.25) is 0 Å². The monoisotopic (exact) mass is 441 g/mol. The first-order chi connectivity index (χ1) is 15.0. The number of carbonyl (C=O) groups is 1. The second kappa shape index (κ2) is 10.6. The lowest BCUT2D eigenvalue weighted by molar-refractivity contribution is -0.138. The van der Waals surface area contributed by atoms with Gasteiger partial charge in [-0.15, -0.1) is 0 Å². The Morgan fingerprint density at radius 1 is 1.06 bits per heavy atom. The summed E-state index contributed by atoms with van der Waals surface area (Å²) < 4.78 is 43.0. The standard InChI is InChI=1S/C23H23NO6S/c1-2-28-22-8-4-3-6-19(22)17-30-23(25)14-11-18-9-12-21(13-10-18)31(26,27)24-16-20-7-5-15-29-20/h3-15,24H,2,16-17H2,1H3/b14-11+. The van der Waals surface area contributed by atoms with Crippen molar-refractivity contribution in [1.29, 1.82) is 0 Å². The number of hydrogen-bond acceptors (Lipinski definition) is 6. The fourth-order valence-corrected chi connectivity index (χ4v) is 3.69. The van der Waals surface area contributed by atoms with Crippen LogP contribution in [-0.2, 0) is 32.7 Å². The number of benzene rings is 2. The minimum atomic E-state index is -3.67. The third-order valence-electron chi connectivity index (χ3n) is 4.26.